The fourth-order valence-electron chi connectivity index (χ4n) is 4.20. The number of H-pyrrole nitrogens is 1. The van der Waals surface area contributed by atoms with Crippen molar-refractivity contribution in [2.45, 2.75) is 72.5 Å². The Morgan fingerprint density at radius 3 is 2.79 bits per heavy atom. The predicted octanol–water partition coefficient (Wildman–Crippen LogP) is 4.70. The molecule has 150 valence electrons. The highest BCUT2D eigenvalue weighted by Gasteiger charge is 2.32. The van der Waals surface area contributed by atoms with Crippen molar-refractivity contribution in [1.29, 1.82) is 0 Å². The molecule has 4 rings (SSSR count). The molecule has 5 nitrogen and oxygen atoms in total. The maximum absolute atomic E-state index is 6.12. The summed E-state index contributed by atoms with van der Waals surface area (Å²) in [4.78, 5) is 16.8. The molecule has 0 fully saturated rings. The quantitative estimate of drug-likeness (QED) is 0.603. The Balaban J connectivity index is 1.97. The van der Waals surface area contributed by atoms with E-state index in [4.69, 9.17) is 14.7 Å². The van der Waals surface area contributed by atoms with E-state index in [-0.39, 0.29) is 5.60 Å². The number of unbranched alkanes of at least 4 members (excludes halogenated alkanes) is 1. The number of anilines is 1. The van der Waals surface area contributed by atoms with Crippen molar-refractivity contribution in [2.24, 2.45) is 0 Å². The number of hydrogen-bond acceptors (Lipinski definition) is 5. The van der Waals surface area contributed by atoms with Gasteiger partial charge in [-0.2, -0.15) is 0 Å². The molecule has 0 saturated carbocycles. The molecule has 0 amide bonds. The lowest BCUT2D eigenvalue weighted by Gasteiger charge is -2.33. The second-order valence-corrected chi connectivity index (χ2v) is 9.24. The van der Waals surface area contributed by atoms with Crippen molar-refractivity contribution < 1.29 is 9.72 Å². The van der Waals surface area contributed by atoms with Crippen LogP contribution in [-0.2, 0) is 24.2 Å². The summed E-state index contributed by atoms with van der Waals surface area (Å²) in [6.07, 6.45) is 6.07. The van der Waals surface area contributed by atoms with Gasteiger partial charge >= 0.3 is 0 Å². The first-order valence-electron chi connectivity index (χ1n) is 10.5. The van der Waals surface area contributed by atoms with E-state index in [1.807, 2.05) is 6.33 Å². The molecule has 0 aliphatic carbocycles. The molecule has 0 aromatic carbocycles. The highest BCUT2D eigenvalue weighted by atomic mass is 32.1. The Hall–Kier alpha value is -1.79. The van der Waals surface area contributed by atoms with Crippen molar-refractivity contribution in [1.82, 2.24) is 9.97 Å². The minimum Gasteiger partial charge on any atom is -0.370 e. The van der Waals surface area contributed by atoms with E-state index in [9.17, 15) is 0 Å². The number of hydrogen-bond donors (Lipinski definition) is 0. The molecule has 1 aliphatic rings. The molecular formula is C22H31N4OS+. The van der Waals surface area contributed by atoms with Crippen LogP contribution in [0.5, 0.6) is 0 Å². The number of ether oxygens (including phenoxy) is 1. The normalized spacial score (nSPS) is 15.9. The monoisotopic (exact) mass is 399 g/mol. The van der Waals surface area contributed by atoms with Gasteiger partial charge in [-0.1, -0.05) is 20.3 Å². The molecule has 0 saturated heterocycles. The van der Waals surface area contributed by atoms with E-state index in [1.54, 1.807) is 11.3 Å². The second kappa shape index (κ2) is 7.56. The van der Waals surface area contributed by atoms with E-state index in [0.717, 1.165) is 36.3 Å². The summed E-state index contributed by atoms with van der Waals surface area (Å²) in [5, 5.41) is 1.24. The molecule has 3 aromatic heterocycles. The Labute approximate surface area is 171 Å². The molecule has 28 heavy (non-hydrogen) atoms. The third-order valence-corrected chi connectivity index (χ3v) is 6.83. The van der Waals surface area contributed by atoms with Crippen LogP contribution in [0.15, 0.2) is 6.33 Å². The van der Waals surface area contributed by atoms with Crippen LogP contribution < -0.4 is 9.88 Å². The van der Waals surface area contributed by atoms with Gasteiger partial charge in [0.15, 0.2) is 5.52 Å². The van der Waals surface area contributed by atoms with Crippen LogP contribution in [0.4, 0.5) is 5.82 Å². The van der Waals surface area contributed by atoms with Crippen molar-refractivity contribution >= 4 is 37.6 Å². The van der Waals surface area contributed by atoms with Gasteiger partial charge in [-0.15, -0.1) is 16.3 Å². The molecule has 0 unspecified atom stereocenters. The third-order valence-electron chi connectivity index (χ3n) is 5.75. The summed E-state index contributed by atoms with van der Waals surface area (Å²) in [6, 6.07) is 0. The predicted molar refractivity (Wildman–Crippen MR) is 116 cm³/mol. The van der Waals surface area contributed by atoms with Crippen molar-refractivity contribution in [3.63, 3.8) is 0 Å². The molecule has 6 heteroatoms. The molecule has 4 heterocycles. The van der Waals surface area contributed by atoms with Gasteiger partial charge in [0.1, 0.15) is 9.53 Å². The zero-order valence-electron chi connectivity index (χ0n) is 17.7. The van der Waals surface area contributed by atoms with Crippen LogP contribution in [0.1, 0.15) is 64.3 Å². The maximum Gasteiger partial charge on any atom is 0.242 e. The first kappa shape index (κ1) is 19.5. The zero-order chi connectivity index (χ0) is 19.9. The number of thiophene rings is 1. The van der Waals surface area contributed by atoms with Gasteiger partial charge in [0.25, 0.3) is 0 Å². The van der Waals surface area contributed by atoms with Gasteiger partial charge in [-0.25, -0.2) is 9.97 Å². The van der Waals surface area contributed by atoms with E-state index >= 15 is 0 Å². The van der Waals surface area contributed by atoms with Crippen molar-refractivity contribution in [3.8, 4) is 0 Å². The Morgan fingerprint density at radius 1 is 1.25 bits per heavy atom. The van der Waals surface area contributed by atoms with Crippen LogP contribution in [0.2, 0.25) is 0 Å². The first-order chi connectivity index (χ1) is 13.5. The lowest BCUT2D eigenvalue weighted by atomic mass is 9.89. The smallest absolute Gasteiger partial charge is 0.242 e. The van der Waals surface area contributed by atoms with Crippen LogP contribution in [-0.4, -0.2) is 28.7 Å². The number of nitrogens with zero attached hydrogens (tertiary/aromatic N) is 3. The number of aromatic amines is 1. The van der Waals surface area contributed by atoms with Gasteiger partial charge in [0.05, 0.1) is 30.7 Å². The highest BCUT2D eigenvalue weighted by molar-refractivity contribution is 7.25. The molecule has 0 atom stereocenters. The molecule has 1 N–H and O–H groups in total. The van der Waals surface area contributed by atoms with Gasteiger partial charge in [-0.05, 0) is 39.2 Å². The van der Waals surface area contributed by atoms with Gasteiger partial charge in [0.2, 0.25) is 12.1 Å². The van der Waals surface area contributed by atoms with E-state index in [0.29, 0.717) is 6.61 Å². The van der Waals surface area contributed by atoms with Crippen LogP contribution in [0.3, 0.4) is 0 Å². The summed E-state index contributed by atoms with van der Waals surface area (Å²) < 4.78 is 7.35. The van der Waals surface area contributed by atoms with Crippen molar-refractivity contribution in [2.75, 3.05) is 18.0 Å². The molecule has 0 bridgehead atoms. The Bertz CT molecular complexity index is 1010. The molecule has 0 spiro atoms. The van der Waals surface area contributed by atoms with Gasteiger partial charge in [-0.3, -0.25) is 4.90 Å². The number of rotatable bonds is 6. The number of aromatic nitrogens is 3. The zero-order valence-corrected chi connectivity index (χ0v) is 18.5. The lowest BCUT2D eigenvalue weighted by Crippen LogP contribution is -2.32. The third kappa shape index (κ3) is 3.26. The summed E-state index contributed by atoms with van der Waals surface area (Å²) in [5.74, 6) is 1.18. The minimum atomic E-state index is -0.152. The second-order valence-electron chi connectivity index (χ2n) is 8.24. The fraction of sp³-hybridized carbons (Fsp3) is 0.591. The van der Waals surface area contributed by atoms with Gasteiger partial charge in [0, 0.05) is 17.7 Å². The minimum absolute atomic E-state index is 0.152. The molecule has 1 aliphatic heterocycles. The Kier molecular flexibility index (Phi) is 5.27. The van der Waals surface area contributed by atoms with Gasteiger partial charge < -0.3 is 4.74 Å². The van der Waals surface area contributed by atoms with Crippen LogP contribution >= 0.6 is 11.3 Å². The molecule has 0 radical (unpaired) electrons. The van der Waals surface area contributed by atoms with Crippen molar-refractivity contribution in [3.05, 3.63) is 23.1 Å². The standard InChI is InChI=1S/C22H30N4OS/c1-6-9-10-26(8-3)20-19-18(23-13-24-20)17-14-11-22(4,5)27-12-15(14)16(7-2)25-21(17)28-19/h13H,6-12H2,1-5H3/p+1. The summed E-state index contributed by atoms with van der Waals surface area (Å²) in [7, 11) is 0. The first-order valence-corrected chi connectivity index (χ1v) is 11.3. The summed E-state index contributed by atoms with van der Waals surface area (Å²) in [5.41, 5.74) is 4.79. The average molecular weight is 400 g/mol. The van der Waals surface area contributed by atoms with Crippen LogP contribution in [0.25, 0.3) is 20.4 Å². The lowest BCUT2D eigenvalue weighted by molar-refractivity contribution is -0.366. The topological polar surface area (TPSA) is 52.4 Å². The van der Waals surface area contributed by atoms with E-state index in [1.165, 1.54) is 45.6 Å². The number of nitrogens with one attached hydrogen (secondary N) is 1. The van der Waals surface area contributed by atoms with E-state index in [2.05, 4.69) is 44.5 Å². The largest absolute Gasteiger partial charge is 0.370 e. The highest BCUT2D eigenvalue weighted by Crippen LogP contribution is 2.42. The molecular weight excluding hydrogens is 368 g/mol. The Morgan fingerprint density at radius 2 is 2.07 bits per heavy atom. The summed E-state index contributed by atoms with van der Waals surface area (Å²) in [6.45, 7) is 13.7. The molecule has 3 aromatic rings. The number of aryl methyl sites for hydroxylation is 1. The average Bonchev–Trinajstić information content (AvgIpc) is 3.06. The van der Waals surface area contributed by atoms with Crippen LogP contribution in [0, 0.1) is 0 Å². The van der Waals surface area contributed by atoms with E-state index < -0.39 is 0 Å². The number of fused-ring (bicyclic) bond motifs is 5. The number of pyridine rings is 1. The SMILES string of the molecule is CCCCN(CC)c1[nH+]cnc2c1sc1nc(CC)c3c(c12)CC(C)(C)OC3. The fourth-order valence-corrected chi connectivity index (χ4v) is 5.41. The maximum atomic E-state index is 6.12. The summed E-state index contributed by atoms with van der Waals surface area (Å²) >= 11 is 1.78.